The Morgan fingerprint density at radius 3 is 2.82 bits per heavy atom. The number of hydrogen-bond acceptors (Lipinski definition) is 4. The monoisotopic (exact) mass is 295 g/mol. The van der Waals surface area contributed by atoms with Crippen molar-refractivity contribution in [1.29, 1.82) is 0 Å². The van der Waals surface area contributed by atoms with Crippen LogP contribution in [-0.2, 0) is 25.8 Å². The van der Waals surface area contributed by atoms with Gasteiger partial charge in [0.05, 0.1) is 0 Å². The quantitative estimate of drug-likeness (QED) is 0.745. The molecule has 3 aromatic rings. The molecule has 0 bridgehead atoms. The minimum atomic E-state index is -0.0607. The van der Waals surface area contributed by atoms with E-state index in [4.69, 9.17) is 4.42 Å². The van der Waals surface area contributed by atoms with Gasteiger partial charge < -0.3 is 4.42 Å². The van der Waals surface area contributed by atoms with E-state index in [-0.39, 0.29) is 5.56 Å². The van der Waals surface area contributed by atoms with Gasteiger partial charge >= 0.3 is 0 Å². The second kappa shape index (κ2) is 5.40. The fourth-order valence-corrected chi connectivity index (χ4v) is 2.97. The molecule has 112 valence electrons. The standard InChI is InChI=1S/C17H17N3O2/c21-17-15-16(18-13-8-4-5-11-20(13)17)22-14(19-15)10-9-12-6-2-1-3-7-12/h1-3,6-7H,4-5,8-11H2. The lowest BCUT2D eigenvalue weighted by molar-refractivity contribution is 0.486. The first-order chi connectivity index (χ1) is 10.8. The van der Waals surface area contributed by atoms with Gasteiger partial charge in [0.15, 0.2) is 11.4 Å². The Kier molecular flexibility index (Phi) is 3.25. The van der Waals surface area contributed by atoms with Crippen LogP contribution in [-0.4, -0.2) is 14.5 Å². The topological polar surface area (TPSA) is 60.9 Å². The van der Waals surface area contributed by atoms with Crippen molar-refractivity contribution in [1.82, 2.24) is 14.5 Å². The fraction of sp³-hybridized carbons (Fsp3) is 0.353. The maximum absolute atomic E-state index is 12.5. The highest BCUT2D eigenvalue weighted by atomic mass is 16.4. The van der Waals surface area contributed by atoms with Crippen molar-refractivity contribution >= 4 is 11.2 Å². The molecule has 1 aliphatic rings. The van der Waals surface area contributed by atoms with E-state index < -0.39 is 0 Å². The summed E-state index contributed by atoms with van der Waals surface area (Å²) >= 11 is 0. The highest BCUT2D eigenvalue weighted by Gasteiger charge is 2.18. The highest BCUT2D eigenvalue weighted by molar-refractivity contribution is 5.66. The van der Waals surface area contributed by atoms with Crippen LogP contribution in [0.2, 0.25) is 0 Å². The van der Waals surface area contributed by atoms with Crippen LogP contribution in [0.1, 0.15) is 30.1 Å². The summed E-state index contributed by atoms with van der Waals surface area (Å²) in [7, 11) is 0. The van der Waals surface area contributed by atoms with Gasteiger partial charge in [0.1, 0.15) is 5.82 Å². The molecule has 0 saturated heterocycles. The Labute approximate surface area is 127 Å². The van der Waals surface area contributed by atoms with Crippen molar-refractivity contribution in [3.63, 3.8) is 0 Å². The Morgan fingerprint density at radius 2 is 1.95 bits per heavy atom. The molecule has 0 N–H and O–H groups in total. The molecule has 2 aromatic heterocycles. The molecule has 3 heterocycles. The molecular formula is C17H17N3O2. The highest BCUT2D eigenvalue weighted by Crippen LogP contribution is 2.16. The van der Waals surface area contributed by atoms with Crippen molar-refractivity contribution in [2.45, 2.75) is 38.6 Å². The molecule has 0 saturated carbocycles. The van der Waals surface area contributed by atoms with E-state index in [0.29, 0.717) is 23.5 Å². The SMILES string of the molecule is O=c1c2nc(CCc3ccccc3)oc2nc2n1CCCC2. The number of nitrogens with zero attached hydrogens (tertiary/aromatic N) is 3. The smallest absolute Gasteiger partial charge is 0.283 e. The van der Waals surface area contributed by atoms with Gasteiger partial charge in [-0.2, -0.15) is 4.98 Å². The largest absolute Gasteiger partial charge is 0.422 e. The molecule has 5 heteroatoms. The van der Waals surface area contributed by atoms with Crippen LogP contribution in [0.4, 0.5) is 0 Å². The van der Waals surface area contributed by atoms with Crippen molar-refractivity contribution in [2.24, 2.45) is 0 Å². The molecule has 0 spiro atoms. The third kappa shape index (κ3) is 2.32. The van der Waals surface area contributed by atoms with Crippen molar-refractivity contribution in [2.75, 3.05) is 0 Å². The lowest BCUT2D eigenvalue weighted by Gasteiger charge is -2.15. The van der Waals surface area contributed by atoms with Gasteiger partial charge in [-0.1, -0.05) is 30.3 Å². The summed E-state index contributed by atoms with van der Waals surface area (Å²) in [6, 6.07) is 10.2. The average molecular weight is 295 g/mol. The minimum absolute atomic E-state index is 0.0607. The van der Waals surface area contributed by atoms with Crippen molar-refractivity contribution < 1.29 is 4.42 Å². The first-order valence-corrected chi connectivity index (χ1v) is 7.74. The first kappa shape index (κ1) is 13.2. The summed E-state index contributed by atoms with van der Waals surface area (Å²) in [5, 5.41) is 0. The molecule has 1 aliphatic heterocycles. The molecule has 0 radical (unpaired) electrons. The Bertz CT molecular complexity index is 865. The van der Waals surface area contributed by atoms with Crippen molar-refractivity contribution in [3.05, 3.63) is 58.0 Å². The minimum Gasteiger partial charge on any atom is -0.422 e. The molecule has 0 unspecified atom stereocenters. The Morgan fingerprint density at radius 1 is 1.09 bits per heavy atom. The second-order valence-corrected chi connectivity index (χ2v) is 5.69. The number of hydrogen-bond donors (Lipinski definition) is 0. The van der Waals surface area contributed by atoms with Gasteiger partial charge in [-0.05, 0) is 24.8 Å². The number of oxazole rings is 1. The molecule has 4 rings (SSSR count). The second-order valence-electron chi connectivity index (χ2n) is 5.69. The lowest BCUT2D eigenvalue weighted by atomic mass is 10.1. The van der Waals surface area contributed by atoms with E-state index in [9.17, 15) is 4.79 Å². The number of aryl methyl sites for hydroxylation is 3. The zero-order valence-electron chi connectivity index (χ0n) is 12.3. The molecule has 0 atom stereocenters. The summed E-state index contributed by atoms with van der Waals surface area (Å²) in [6.45, 7) is 0.739. The van der Waals surface area contributed by atoms with Gasteiger partial charge in [-0.3, -0.25) is 9.36 Å². The molecule has 0 aliphatic carbocycles. The van der Waals surface area contributed by atoms with Gasteiger partial charge in [-0.25, -0.2) is 4.98 Å². The molecule has 0 fully saturated rings. The predicted octanol–water partition coefficient (Wildman–Crippen LogP) is 2.51. The summed E-state index contributed by atoms with van der Waals surface area (Å²) < 4.78 is 7.45. The number of rotatable bonds is 3. The summed E-state index contributed by atoms with van der Waals surface area (Å²) in [5.74, 6) is 1.42. The van der Waals surface area contributed by atoms with E-state index >= 15 is 0 Å². The first-order valence-electron chi connectivity index (χ1n) is 7.74. The van der Waals surface area contributed by atoms with Gasteiger partial charge in [0.2, 0.25) is 0 Å². The molecule has 5 nitrogen and oxygen atoms in total. The Balaban J connectivity index is 1.66. The van der Waals surface area contributed by atoms with Crippen LogP contribution in [0.25, 0.3) is 11.2 Å². The van der Waals surface area contributed by atoms with E-state index in [1.54, 1.807) is 4.57 Å². The zero-order chi connectivity index (χ0) is 14.9. The van der Waals surface area contributed by atoms with Gasteiger partial charge in [0, 0.05) is 19.4 Å². The lowest BCUT2D eigenvalue weighted by Crippen LogP contribution is -2.28. The number of aromatic nitrogens is 3. The zero-order valence-corrected chi connectivity index (χ0v) is 12.3. The van der Waals surface area contributed by atoms with Crippen molar-refractivity contribution in [3.8, 4) is 0 Å². The van der Waals surface area contributed by atoms with Crippen LogP contribution in [0.3, 0.4) is 0 Å². The molecule has 22 heavy (non-hydrogen) atoms. The van der Waals surface area contributed by atoms with Crippen LogP contribution in [0.5, 0.6) is 0 Å². The van der Waals surface area contributed by atoms with Gasteiger partial charge in [0.25, 0.3) is 11.3 Å². The fourth-order valence-electron chi connectivity index (χ4n) is 2.97. The normalized spacial score (nSPS) is 14.2. The maximum atomic E-state index is 12.5. The van der Waals surface area contributed by atoms with Crippen LogP contribution < -0.4 is 5.56 Å². The molecule has 1 aromatic carbocycles. The average Bonchev–Trinajstić information content (AvgIpc) is 2.97. The van der Waals surface area contributed by atoms with Crippen LogP contribution >= 0.6 is 0 Å². The summed E-state index contributed by atoms with van der Waals surface area (Å²) in [5.41, 5.74) is 1.93. The summed E-state index contributed by atoms with van der Waals surface area (Å²) in [6.07, 6.45) is 4.46. The van der Waals surface area contributed by atoms with Gasteiger partial charge in [-0.15, -0.1) is 0 Å². The van der Waals surface area contributed by atoms with E-state index in [1.165, 1.54) is 5.56 Å². The third-order valence-electron chi connectivity index (χ3n) is 4.15. The van der Waals surface area contributed by atoms with E-state index in [1.807, 2.05) is 18.2 Å². The Hall–Kier alpha value is -2.43. The third-order valence-corrected chi connectivity index (χ3v) is 4.15. The summed E-state index contributed by atoms with van der Waals surface area (Å²) in [4.78, 5) is 21.3. The maximum Gasteiger partial charge on any atom is 0.283 e. The predicted molar refractivity (Wildman–Crippen MR) is 82.9 cm³/mol. The number of benzene rings is 1. The van der Waals surface area contributed by atoms with E-state index in [0.717, 1.165) is 38.1 Å². The van der Waals surface area contributed by atoms with E-state index in [2.05, 4.69) is 22.1 Å². The van der Waals surface area contributed by atoms with Crippen LogP contribution in [0, 0.1) is 0 Å². The molecular weight excluding hydrogens is 278 g/mol. The number of fused-ring (bicyclic) bond motifs is 2. The molecule has 0 amide bonds. The van der Waals surface area contributed by atoms with Crippen LogP contribution in [0.15, 0.2) is 39.5 Å².